The molecule has 0 aromatic heterocycles. The summed E-state index contributed by atoms with van der Waals surface area (Å²) in [7, 11) is 0. The monoisotopic (exact) mass is 196 g/mol. The fourth-order valence-electron chi connectivity index (χ4n) is 1.98. The van der Waals surface area contributed by atoms with Gasteiger partial charge in [0, 0.05) is 18.0 Å². The van der Waals surface area contributed by atoms with Crippen LogP contribution in [0.3, 0.4) is 0 Å². The number of rotatable bonds is 4. The highest BCUT2D eigenvalue weighted by Crippen LogP contribution is 2.24. The predicted molar refractivity (Wildman–Crippen MR) is 57.7 cm³/mol. The van der Waals surface area contributed by atoms with Crippen molar-refractivity contribution in [2.24, 2.45) is 11.7 Å². The van der Waals surface area contributed by atoms with E-state index in [9.17, 15) is 4.79 Å². The molecule has 0 aromatic carbocycles. The topological polar surface area (TPSA) is 55.1 Å². The molecule has 80 valence electrons. The van der Waals surface area contributed by atoms with Crippen LogP contribution < -0.4 is 11.1 Å². The summed E-state index contributed by atoms with van der Waals surface area (Å²) in [4.78, 5) is 10.9. The van der Waals surface area contributed by atoms with Gasteiger partial charge in [-0.1, -0.05) is 6.08 Å². The van der Waals surface area contributed by atoms with E-state index < -0.39 is 0 Å². The second-order valence-electron chi connectivity index (χ2n) is 4.14. The fourth-order valence-corrected chi connectivity index (χ4v) is 1.98. The molecule has 0 spiro atoms. The summed E-state index contributed by atoms with van der Waals surface area (Å²) in [5.41, 5.74) is 5.26. The summed E-state index contributed by atoms with van der Waals surface area (Å²) in [6.07, 6.45) is 5.85. The molecule has 1 unspecified atom stereocenters. The van der Waals surface area contributed by atoms with E-state index in [-0.39, 0.29) is 11.8 Å². The van der Waals surface area contributed by atoms with Crippen LogP contribution in [0, 0.1) is 5.92 Å². The minimum absolute atomic E-state index is 0.104. The summed E-state index contributed by atoms with van der Waals surface area (Å²) in [5.74, 6) is -0.0349. The van der Waals surface area contributed by atoms with Gasteiger partial charge in [-0.25, -0.2) is 0 Å². The van der Waals surface area contributed by atoms with E-state index >= 15 is 0 Å². The van der Waals surface area contributed by atoms with Crippen LogP contribution >= 0.6 is 0 Å². The van der Waals surface area contributed by atoms with Crippen molar-refractivity contribution in [1.29, 1.82) is 0 Å². The standard InChI is InChI=1S/C11H20N2O/c1-3-8(2)13-10-6-4-9(5-7-10)11(12)14/h3,8-10,13H,1,4-7H2,2H3,(H2,12,14). The van der Waals surface area contributed by atoms with Gasteiger partial charge in [-0.2, -0.15) is 0 Å². The average molecular weight is 196 g/mol. The molecule has 0 saturated heterocycles. The second-order valence-corrected chi connectivity index (χ2v) is 4.14. The lowest BCUT2D eigenvalue weighted by atomic mass is 9.85. The van der Waals surface area contributed by atoms with E-state index in [1.54, 1.807) is 0 Å². The Morgan fingerprint density at radius 1 is 1.50 bits per heavy atom. The minimum Gasteiger partial charge on any atom is -0.369 e. The van der Waals surface area contributed by atoms with Crippen molar-refractivity contribution in [3.05, 3.63) is 12.7 Å². The quantitative estimate of drug-likeness (QED) is 0.664. The molecule has 0 aromatic rings. The van der Waals surface area contributed by atoms with Crippen molar-refractivity contribution in [1.82, 2.24) is 5.32 Å². The number of nitrogens with one attached hydrogen (secondary N) is 1. The zero-order valence-electron chi connectivity index (χ0n) is 8.83. The van der Waals surface area contributed by atoms with Crippen molar-refractivity contribution in [2.75, 3.05) is 0 Å². The first-order valence-corrected chi connectivity index (χ1v) is 5.31. The average Bonchev–Trinajstić information content (AvgIpc) is 2.18. The molecule has 0 heterocycles. The highest BCUT2D eigenvalue weighted by atomic mass is 16.1. The Bertz CT molecular complexity index is 207. The molecule has 0 bridgehead atoms. The number of amides is 1. The maximum atomic E-state index is 10.9. The van der Waals surface area contributed by atoms with Crippen LogP contribution in [0.2, 0.25) is 0 Å². The van der Waals surface area contributed by atoms with Gasteiger partial charge in [0.2, 0.25) is 5.91 Å². The Kier molecular flexibility index (Phi) is 4.14. The summed E-state index contributed by atoms with van der Waals surface area (Å²) < 4.78 is 0. The Hall–Kier alpha value is -0.830. The molecule has 1 amide bonds. The lowest BCUT2D eigenvalue weighted by Gasteiger charge is -2.29. The molecule has 1 aliphatic rings. The van der Waals surface area contributed by atoms with Crippen LogP contribution in [0.5, 0.6) is 0 Å². The first kappa shape index (κ1) is 11.2. The van der Waals surface area contributed by atoms with Crippen molar-refractivity contribution < 1.29 is 4.79 Å². The van der Waals surface area contributed by atoms with Gasteiger partial charge >= 0.3 is 0 Å². The first-order valence-electron chi connectivity index (χ1n) is 5.31. The van der Waals surface area contributed by atoms with E-state index in [4.69, 9.17) is 5.73 Å². The molecule has 1 aliphatic carbocycles. The SMILES string of the molecule is C=CC(C)NC1CCC(C(N)=O)CC1. The lowest BCUT2D eigenvalue weighted by molar-refractivity contribution is -0.122. The summed E-state index contributed by atoms with van der Waals surface area (Å²) >= 11 is 0. The van der Waals surface area contributed by atoms with E-state index in [1.807, 2.05) is 6.08 Å². The number of carbonyl (C=O) groups is 1. The molecule has 3 heteroatoms. The molecule has 1 rings (SSSR count). The number of nitrogens with two attached hydrogens (primary N) is 1. The van der Waals surface area contributed by atoms with Crippen LogP contribution in [-0.4, -0.2) is 18.0 Å². The van der Waals surface area contributed by atoms with E-state index in [1.165, 1.54) is 0 Å². The van der Waals surface area contributed by atoms with Crippen molar-refractivity contribution in [3.8, 4) is 0 Å². The molecule has 3 nitrogen and oxygen atoms in total. The summed E-state index contributed by atoms with van der Waals surface area (Å²) in [5, 5.41) is 3.46. The summed E-state index contributed by atoms with van der Waals surface area (Å²) in [6, 6.07) is 0.878. The lowest BCUT2D eigenvalue weighted by Crippen LogP contribution is -2.40. The minimum atomic E-state index is -0.139. The Balaban J connectivity index is 2.28. The fraction of sp³-hybridized carbons (Fsp3) is 0.727. The van der Waals surface area contributed by atoms with Gasteiger partial charge in [0.15, 0.2) is 0 Å². The molecular formula is C11H20N2O. The summed E-state index contributed by atoms with van der Waals surface area (Å²) in [6.45, 7) is 5.82. The maximum absolute atomic E-state index is 10.9. The van der Waals surface area contributed by atoms with Crippen molar-refractivity contribution in [2.45, 2.75) is 44.7 Å². The highest BCUT2D eigenvalue weighted by Gasteiger charge is 2.24. The Morgan fingerprint density at radius 3 is 2.50 bits per heavy atom. The van der Waals surface area contributed by atoms with Crippen LogP contribution in [0.15, 0.2) is 12.7 Å². The Morgan fingerprint density at radius 2 is 2.07 bits per heavy atom. The third-order valence-electron chi connectivity index (χ3n) is 2.98. The van der Waals surface area contributed by atoms with Gasteiger partial charge < -0.3 is 11.1 Å². The maximum Gasteiger partial charge on any atom is 0.220 e. The number of hydrogen-bond acceptors (Lipinski definition) is 2. The zero-order chi connectivity index (χ0) is 10.6. The molecular weight excluding hydrogens is 176 g/mol. The third kappa shape index (κ3) is 3.14. The van der Waals surface area contributed by atoms with E-state index in [2.05, 4.69) is 18.8 Å². The van der Waals surface area contributed by atoms with Crippen LogP contribution in [-0.2, 0) is 4.79 Å². The Labute approximate surface area is 85.7 Å². The smallest absolute Gasteiger partial charge is 0.220 e. The molecule has 1 atom stereocenters. The number of hydrogen-bond donors (Lipinski definition) is 2. The van der Waals surface area contributed by atoms with Gasteiger partial charge in [0.05, 0.1) is 0 Å². The third-order valence-corrected chi connectivity index (χ3v) is 2.98. The van der Waals surface area contributed by atoms with Gasteiger partial charge in [-0.05, 0) is 32.6 Å². The van der Waals surface area contributed by atoms with Crippen molar-refractivity contribution >= 4 is 5.91 Å². The van der Waals surface area contributed by atoms with Crippen LogP contribution in [0.1, 0.15) is 32.6 Å². The largest absolute Gasteiger partial charge is 0.369 e. The molecule has 1 fully saturated rings. The molecule has 1 saturated carbocycles. The van der Waals surface area contributed by atoms with Gasteiger partial charge in [0.1, 0.15) is 0 Å². The number of primary amides is 1. The van der Waals surface area contributed by atoms with Crippen LogP contribution in [0.25, 0.3) is 0 Å². The first-order chi connectivity index (χ1) is 6.63. The van der Waals surface area contributed by atoms with E-state index in [0.717, 1.165) is 25.7 Å². The van der Waals surface area contributed by atoms with Gasteiger partial charge in [-0.3, -0.25) is 4.79 Å². The molecule has 0 aliphatic heterocycles. The highest BCUT2D eigenvalue weighted by molar-refractivity contribution is 5.76. The molecule has 0 radical (unpaired) electrons. The van der Waals surface area contributed by atoms with Crippen LogP contribution in [0.4, 0.5) is 0 Å². The normalized spacial score (nSPS) is 29.5. The predicted octanol–water partition coefficient (Wildman–Crippen LogP) is 1.19. The van der Waals surface area contributed by atoms with Gasteiger partial charge in [0.25, 0.3) is 0 Å². The molecule has 3 N–H and O–H groups in total. The number of carbonyl (C=O) groups excluding carboxylic acids is 1. The van der Waals surface area contributed by atoms with Gasteiger partial charge in [-0.15, -0.1) is 6.58 Å². The second kappa shape index (κ2) is 5.15. The van der Waals surface area contributed by atoms with E-state index in [0.29, 0.717) is 12.1 Å². The van der Waals surface area contributed by atoms with Crippen molar-refractivity contribution in [3.63, 3.8) is 0 Å². The molecule has 14 heavy (non-hydrogen) atoms. The zero-order valence-corrected chi connectivity index (χ0v) is 8.83.